The van der Waals surface area contributed by atoms with Crippen LogP contribution in [0.4, 0.5) is 5.69 Å². The van der Waals surface area contributed by atoms with Crippen LogP contribution in [0.5, 0.6) is 0 Å². The number of amides is 2. The number of piperidine rings is 3. The molecule has 2 amide bonds. The van der Waals surface area contributed by atoms with Crippen LogP contribution in [0, 0.1) is 17.8 Å². The lowest BCUT2D eigenvalue weighted by Gasteiger charge is -2.39. The van der Waals surface area contributed by atoms with Crippen LogP contribution in [-0.4, -0.2) is 99.7 Å². The van der Waals surface area contributed by atoms with Gasteiger partial charge in [0.2, 0.25) is 5.91 Å². The van der Waals surface area contributed by atoms with Crippen molar-refractivity contribution in [3.05, 3.63) is 24.3 Å². The number of hydrogen-bond donors (Lipinski definition) is 2. The van der Waals surface area contributed by atoms with Gasteiger partial charge in [-0.2, -0.15) is 0 Å². The van der Waals surface area contributed by atoms with Gasteiger partial charge in [-0.3, -0.25) is 14.8 Å². The molecule has 2 atom stereocenters. The van der Waals surface area contributed by atoms with Gasteiger partial charge < -0.3 is 19.9 Å². The van der Waals surface area contributed by atoms with E-state index in [0.717, 1.165) is 44.7 Å². The molecular formula is C28H44N4O6S. The number of nitrogens with zero attached hydrogens (tertiary/aromatic N) is 3. The number of anilines is 1. The van der Waals surface area contributed by atoms with E-state index in [1.165, 1.54) is 13.5 Å². The number of nitrogens with one attached hydrogen (secondary N) is 1. The molecule has 4 rings (SSSR count). The molecule has 0 aromatic heterocycles. The van der Waals surface area contributed by atoms with Gasteiger partial charge in [-0.25, -0.2) is 13.5 Å². The molecule has 218 valence electrons. The van der Waals surface area contributed by atoms with Gasteiger partial charge in [-0.1, -0.05) is 13.8 Å². The van der Waals surface area contributed by atoms with E-state index in [2.05, 4.69) is 29.0 Å². The molecule has 1 aromatic carbocycles. The van der Waals surface area contributed by atoms with Crippen LogP contribution in [-0.2, 0) is 24.2 Å². The Hall–Kier alpha value is -2.21. The van der Waals surface area contributed by atoms with Crippen LogP contribution in [0.15, 0.2) is 29.2 Å². The summed E-state index contributed by atoms with van der Waals surface area (Å²) in [5.41, 5.74) is 0.898. The van der Waals surface area contributed by atoms with E-state index >= 15 is 0 Å². The lowest BCUT2D eigenvalue weighted by molar-refractivity contribution is -0.171. The van der Waals surface area contributed by atoms with Crippen molar-refractivity contribution in [1.82, 2.24) is 15.3 Å². The maximum Gasteiger partial charge on any atom is 0.267 e. The lowest BCUT2D eigenvalue weighted by atomic mass is 9.89. The third-order valence-corrected chi connectivity index (χ3v) is 11.1. The van der Waals surface area contributed by atoms with Crippen LogP contribution in [0.1, 0.15) is 46.0 Å². The van der Waals surface area contributed by atoms with Crippen molar-refractivity contribution in [2.75, 3.05) is 64.4 Å². The third kappa shape index (κ3) is 6.26. The average Bonchev–Trinajstić information content (AvgIpc) is 2.95. The molecule has 3 fully saturated rings. The van der Waals surface area contributed by atoms with Gasteiger partial charge in [0, 0.05) is 44.9 Å². The Balaban J connectivity index is 1.43. The van der Waals surface area contributed by atoms with Gasteiger partial charge in [0.05, 0.1) is 18.0 Å². The van der Waals surface area contributed by atoms with Gasteiger partial charge in [0.25, 0.3) is 5.91 Å². The van der Waals surface area contributed by atoms with Crippen molar-refractivity contribution in [3.63, 3.8) is 0 Å². The van der Waals surface area contributed by atoms with Crippen molar-refractivity contribution in [2.45, 2.75) is 55.6 Å². The topological polar surface area (TPSA) is 119 Å². The molecule has 3 saturated heterocycles. The number of sulfone groups is 1. The molecule has 1 aromatic rings. The van der Waals surface area contributed by atoms with Crippen molar-refractivity contribution in [3.8, 4) is 0 Å². The molecule has 2 N–H and O–H groups in total. The van der Waals surface area contributed by atoms with Crippen LogP contribution in [0.25, 0.3) is 0 Å². The molecule has 2 unspecified atom stereocenters. The summed E-state index contributed by atoms with van der Waals surface area (Å²) in [7, 11) is -2.63. The first kappa shape index (κ1) is 29.8. The molecule has 0 aliphatic carbocycles. The SMILES string of the molecule is COCCN(O)C(=O)C1(S(=O)(=O)c2ccc(N3CCC(C(=O)N4CC(C)CC(C)C4)CC3)cc2)CCNCC1. The minimum atomic E-state index is -4.08. The Labute approximate surface area is 232 Å². The molecule has 10 nitrogen and oxygen atoms in total. The summed E-state index contributed by atoms with van der Waals surface area (Å²) in [6.45, 7) is 8.31. The second-order valence-electron chi connectivity index (χ2n) is 11.6. The number of methoxy groups -OCH3 is 1. The van der Waals surface area contributed by atoms with Crippen molar-refractivity contribution in [1.29, 1.82) is 0 Å². The first-order valence-corrected chi connectivity index (χ1v) is 15.7. The fraction of sp³-hybridized carbons (Fsp3) is 0.714. The fourth-order valence-electron chi connectivity index (χ4n) is 6.49. The van der Waals surface area contributed by atoms with Gasteiger partial charge in [0.1, 0.15) is 0 Å². The van der Waals surface area contributed by atoms with Crippen LogP contribution in [0.3, 0.4) is 0 Å². The number of rotatable bonds is 8. The molecular weight excluding hydrogens is 520 g/mol. The minimum absolute atomic E-state index is 0.0312. The highest BCUT2D eigenvalue weighted by Crippen LogP contribution is 2.36. The zero-order valence-electron chi connectivity index (χ0n) is 23.5. The van der Waals surface area contributed by atoms with E-state index in [1.807, 2.05) is 0 Å². The van der Waals surface area contributed by atoms with Crippen LogP contribution >= 0.6 is 0 Å². The van der Waals surface area contributed by atoms with E-state index in [1.54, 1.807) is 24.3 Å². The molecule has 0 radical (unpaired) electrons. The number of hydroxylamine groups is 2. The number of carbonyl (C=O) groups excluding carboxylic acids is 2. The first-order chi connectivity index (χ1) is 18.6. The van der Waals surface area contributed by atoms with E-state index in [-0.39, 0.29) is 42.7 Å². The smallest absolute Gasteiger partial charge is 0.267 e. The van der Waals surface area contributed by atoms with Gasteiger partial charge in [-0.15, -0.1) is 0 Å². The highest BCUT2D eigenvalue weighted by atomic mass is 32.2. The number of benzene rings is 1. The van der Waals surface area contributed by atoms with Crippen LogP contribution < -0.4 is 10.2 Å². The Bertz CT molecular complexity index is 1090. The maximum absolute atomic E-state index is 13.9. The molecule has 3 aliphatic heterocycles. The zero-order chi connectivity index (χ0) is 28.2. The predicted octanol–water partition coefficient (Wildman–Crippen LogP) is 2.17. The highest BCUT2D eigenvalue weighted by Gasteiger charge is 2.53. The molecule has 3 heterocycles. The molecule has 3 aliphatic rings. The third-order valence-electron chi connectivity index (χ3n) is 8.59. The second kappa shape index (κ2) is 12.5. The van der Waals surface area contributed by atoms with Crippen molar-refractivity contribution < 1.29 is 28.0 Å². The van der Waals surface area contributed by atoms with Crippen LogP contribution in [0.2, 0.25) is 0 Å². The summed E-state index contributed by atoms with van der Waals surface area (Å²) in [5, 5.41) is 13.9. The number of ether oxygens (including phenoxy) is 1. The highest BCUT2D eigenvalue weighted by molar-refractivity contribution is 7.93. The lowest BCUT2D eigenvalue weighted by Crippen LogP contribution is -2.58. The Morgan fingerprint density at radius 3 is 2.23 bits per heavy atom. The number of hydrogen-bond acceptors (Lipinski definition) is 8. The number of carbonyl (C=O) groups is 2. The summed E-state index contributed by atoms with van der Waals surface area (Å²) in [4.78, 5) is 30.7. The molecule has 39 heavy (non-hydrogen) atoms. The Kier molecular flexibility index (Phi) is 9.57. The normalized spacial score (nSPS) is 24.4. The standard InChI is InChI=1S/C28H44N4O6S/c1-21-18-22(2)20-31(19-21)26(33)23-8-14-30(15-9-23)24-4-6-25(7-5-24)39(36,37)28(10-12-29-13-11-28)27(34)32(35)16-17-38-3/h4-7,21-23,29,35H,8-20H2,1-3H3. The van der Waals surface area contributed by atoms with Gasteiger partial charge in [0.15, 0.2) is 14.6 Å². The molecule has 0 spiro atoms. The maximum atomic E-state index is 13.9. The summed E-state index contributed by atoms with van der Waals surface area (Å²) in [6.07, 6.45) is 2.88. The monoisotopic (exact) mass is 564 g/mol. The van der Waals surface area contributed by atoms with E-state index in [9.17, 15) is 23.2 Å². The van der Waals surface area contributed by atoms with E-state index < -0.39 is 20.5 Å². The fourth-order valence-corrected chi connectivity index (χ4v) is 8.51. The summed E-state index contributed by atoms with van der Waals surface area (Å²) < 4.78 is 30.9. The Morgan fingerprint density at radius 1 is 1.08 bits per heavy atom. The molecule has 0 saturated carbocycles. The van der Waals surface area contributed by atoms with E-state index in [0.29, 0.717) is 30.0 Å². The first-order valence-electron chi connectivity index (χ1n) is 14.2. The van der Waals surface area contributed by atoms with Crippen molar-refractivity contribution >= 4 is 27.3 Å². The summed E-state index contributed by atoms with van der Waals surface area (Å²) in [6, 6.07) is 6.69. The predicted molar refractivity (Wildman–Crippen MR) is 148 cm³/mol. The average molecular weight is 565 g/mol. The molecule has 0 bridgehead atoms. The summed E-state index contributed by atoms with van der Waals surface area (Å²) >= 11 is 0. The summed E-state index contributed by atoms with van der Waals surface area (Å²) in [5.74, 6) is 0.573. The van der Waals surface area contributed by atoms with E-state index in [4.69, 9.17) is 4.74 Å². The largest absolute Gasteiger partial charge is 0.383 e. The second-order valence-corrected chi connectivity index (χ2v) is 13.9. The van der Waals surface area contributed by atoms with Crippen molar-refractivity contribution in [2.24, 2.45) is 17.8 Å². The quantitative estimate of drug-likeness (QED) is 0.364. The zero-order valence-corrected chi connectivity index (χ0v) is 24.3. The van der Waals surface area contributed by atoms with Gasteiger partial charge in [-0.05, 0) is 81.3 Å². The minimum Gasteiger partial charge on any atom is -0.383 e. The van der Waals surface area contributed by atoms with Gasteiger partial charge >= 0.3 is 0 Å². The Morgan fingerprint density at radius 2 is 1.67 bits per heavy atom. The number of likely N-dealkylation sites (tertiary alicyclic amines) is 1. The molecule has 11 heteroatoms.